The molecule has 2 aromatic carbocycles. The Morgan fingerprint density at radius 2 is 1.79 bits per heavy atom. The summed E-state index contributed by atoms with van der Waals surface area (Å²) >= 11 is 6.75. The van der Waals surface area contributed by atoms with Gasteiger partial charge in [-0.25, -0.2) is 0 Å². The largest absolute Gasteiger partial charge is 0.456 e. The van der Waals surface area contributed by atoms with Crippen LogP contribution in [0.1, 0.15) is 5.56 Å². The highest BCUT2D eigenvalue weighted by Crippen LogP contribution is 2.31. The summed E-state index contributed by atoms with van der Waals surface area (Å²) in [6.45, 7) is 0. The number of nitrogens with two attached hydrogens (primary N) is 1. The van der Waals surface area contributed by atoms with E-state index >= 15 is 0 Å². The van der Waals surface area contributed by atoms with E-state index in [4.69, 9.17) is 15.7 Å². The van der Waals surface area contributed by atoms with Crippen molar-refractivity contribution in [3.8, 4) is 11.5 Å². The molecule has 0 aromatic heterocycles. The number of halogens is 2. The molecule has 0 spiro atoms. The zero-order chi connectivity index (χ0) is 13.8. The van der Waals surface area contributed by atoms with Gasteiger partial charge in [0.05, 0.1) is 4.47 Å². The molecule has 0 heterocycles. The van der Waals surface area contributed by atoms with Gasteiger partial charge in [0.15, 0.2) is 5.84 Å². The first-order valence-corrected chi connectivity index (χ1v) is 6.89. The van der Waals surface area contributed by atoms with Gasteiger partial charge in [0, 0.05) is 10.0 Å². The predicted molar refractivity (Wildman–Crippen MR) is 80.9 cm³/mol. The van der Waals surface area contributed by atoms with E-state index in [0.29, 0.717) is 11.3 Å². The monoisotopic (exact) mass is 384 g/mol. The Labute approximate surface area is 127 Å². The van der Waals surface area contributed by atoms with Crippen LogP contribution in [0.3, 0.4) is 0 Å². The third kappa shape index (κ3) is 3.48. The quantitative estimate of drug-likeness (QED) is 0.361. The Bertz CT molecular complexity index is 613. The van der Waals surface area contributed by atoms with E-state index < -0.39 is 0 Å². The highest BCUT2D eigenvalue weighted by molar-refractivity contribution is 9.10. The van der Waals surface area contributed by atoms with E-state index in [-0.39, 0.29) is 5.84 Å². The zero-order valence-corrected chi connectivity index (χ0v) is 12.8. The number of nitrogens with zero attached hydrogens (tertiary/aromatic N) is 1. The lowest BCUT2D eigenvalue weighted by Crippen LogP contribution is -2.12. The average molecular weight is 386 g/mol. The highest BCUT2D eigenvalue weighted by atomic mass is 79.9. The molecule has 6 heteroatoms. The van der Waals surface area contributed by atoms with Gasteiger partial charge in [-0.05, 0) is 58.4 Å². The second-order valence-electron chi connectivity index (χ2n) is 3.69. The third-order valence-electron chi connectivity index (χ3n) is 2.38. The Kier molecular flexibility index (Phi) is 4.44. The summed E-state index contributed by atoms with van der Waals surface area (Å²) in [7, 11) is 0. The first kappa shape index (κ1) is 13.9. The van der Waals surface area contributed by atoms with Crippen LogP contribution >= 0.6 is 31.9 Å². The van der Waals surface area contributed by atoms with Crippen molar-refractivity contribution in [1.82, 2.24) is 0 Å². The van der Waals surface area contributed by atoms with E-state index in [2.05, 4.69) is 37.0 Å². The Hall–Kier alpha value is -1.53. The van der Waals surface area contributed by atoms with Crippen LogP contribution in [0.4, 0.5) is 0 Å². The van der Waals surface area contributed by atoms with E-state index in [1.165, 1.54) is 0 Å². The molecule has 0 bridgehead atoms. The Morgan fingerprint density at radius 3 is 2.37 bits per heavy atom. The second kappa shape index (κ2) is 6.08. The predicted octanol–water partition coefficient (Wildman–Crippen LogP) is 4.10. The van der Waals surface area contributed by atoms with Crippen molar-refractivity contribution in [2.24, 2.45) is 10.9 Å². The smallest absolute Gasteiger partial charge is 0.170 e. The van der Waals surface area contributed by atoms with Crippen molar-refractivity contribution < 1.29 is 9.94 Å². The van der Waals surface area contributed by atoms with Crippen molar-refractivity contribution in [3.63, 3.8) is 0 Å². The summed E-state index contributed by atoms with van der Waals surface area (Å²) in [6.07, 6.45) is 0. The molecule has 0 radical (unpaired) electrons. The summed E-state index contributed by atoms with van der Waals surface area (Å²) < 4.78 is 7.43. The minimum Gasteiger partial charge on any atom is -0.456 e. The van der Waals surface area contributed by atoms with Gasteiger partial charge in [0.1, 0.15) is 11.5 Å². The number of oxime groups is 1. The van der Waals surface area contributed by atoms with Crippen LogP contribution in [0, 0.1) is 0 Å². The molecule has 19 heavy (non-hydrogen) atoms. The fraction of sp³-hybridized carbons (Fsp3) is 0. The summed E-state index contributed by atoms with van der Waals surface area (Å²) in [4.78, 5) is 0. The van der Waals surface area contributed by atoms with Crippen molar-refractivity contribution in [3.05, 3.63) is 57.0 Å². The highest BCUT2D eigenvalue weighted by Gasteiger charge is 2.06. The van der Waals surface area contributed by atoms with Crippen LogP contribution in [0.15, 0.2) is 56.6 Å². The molecule has 2 rings (SSSR count). The fourth-order valence-corrected chi connectivity index (χ4v) is 2.15. The molecule has 0 aliphatic carbocycles. The number of rotatable bonds is 3. The van der Waals surface area contributed by atoms with Crippen LogP contribution in [0.25, 0.3) is 0 Å². The maximum atomic E-state index is 8.62. The summed E-state index contributed by atoms with van der Waals surface area (Å²) in [5.74, 6) is 1.42. The van der Waals surface area contributed by atoms with E-state index in [0.717, 1.165) is 14.7 Å². The second-order valence-corrected chi connectivity index (χ2v) is 5.46. The van der Waals surface area contributed by atoms with Crippen molar-refractivity contribution in [1.29, 1.82) is 0 Å². The Balaban J connectivity index is 2.24. The number of ether oxygens (including phenoxy) is 1. The van der Waals surface area contributed by atoms with Crippen LogP contribution in [0.5, 0.6) is 11.5 Å². The topological polar surface area (TPSA) is 67.8 Å². The summed E-state index contributed by atoms with van der Waals surface area (Å²) in [5.41, 5.74) is 6.12. The number of benzene rings is 2. The minimum absolute atomic E-state index is 0.0518. The molecule has 3 N–H and O–H groups in total. The number of amidine groups is 1. The van der Waals surface area contributed by atoms with Gasteiger partial charge in [-0.3, -0.25) is 0 Å². The molecule has 0 fully saturated rings. The summed E-state index contributed by atoms with van der Waals surface area (Å²) in [5, 5.41) is 11.6. The van der Waals surface area contributed by atoms with Gasteiger partial charge >= 0.3 is 0 Å². The van der Waals surface area contributed by atoms with Crippen LogP contribution in [-0.4, -0.2) is 11.0 Å². The fourth-order valence-electron chi connectivity index (χ4n) is 1.43. The van der Waals surface area contributed by atoms with Gasteiger partial charge < -0.3 is 15.7 Å². The van der Waals surface area contributed by atoms with Gasteiger partial charge in [0.2, 0.25) is 0 Å². The molecule has 0 aliphatic heterocycles. The third-order valence-corrected chi connectivity index (χ3v) is 3.53. The lowest BCUT2D eigenvalue weighted by Gasteiger charge is -2.09. The van der Waals surface area contributed by atoms with E-state index in [1.54, 1.807) is 18.2 Å². The normalized spacial score (nSPS) is 11.4. The molecule has 0 amide bonds. The SMILES string of the molecule is N/C(=N/O)c1ccc(Oc2ccc(Br)cc2)c(Br)c1. The van der Waals surface area contributed by atoms with E-state index in [1.807, 2.05) is 24.3 Å². The van der Waals surface area contributed by atoms with Crippen LogP contribution < -0.4 is 10.5 Å². The van der Waals surface area contributed by atoms with Crippen molar-refractivity contribution in [2.45, 2.75) is 0 Å². The van der Waals surface area contributed by atoms with Gasteiger partial charge in [-0.15, -0.1) is 0 Å². The molecular formula is C13H10Br2N2O2. The van der Waals surface area contributed by atoms with Crippen LogP contribution in [0.2, 0.25) is 0 Å². The summed E-state index contributed by atoms with van der Waals surface area (Å²) in [6, 6.07) is 12.7. The molecule has 4 nitrogen and oxygen atoms in total. The average Bonchev–Trinajstić information content (AvgIpc) is 2.42. The van der Waals surface area contributed by atoms with Crippen molar-refractivity contribution in [2.75, 3.05) is 0 Å². The molecule has 0 aliphatic rings. The maximum Gasteiger partial charge on any atom is 0.170 e. The number of hydrogen-bond acceptors (Lipinski definition) is 3. The molecule has 0 saturated carbocycles. The van der Waals surface area contributed by atoms with Crippen LogP contribution in [-0.2, 0) is 0 Å². The molecule has 2 aromatic rings. The Morgan fingerprint density at radius 1 is 1.11 bits per heavy atom. The zero-order valence-electron chi connectivity index (χ0n) is 9.68. The first-order chi connectivity index (χ1) is 9.10. The molecule has 0 saturated heterocycles. The lowest BCUT2D eigenvalue weighted by molar-refractivity contribution is 0.318. The van der Waals surface area contributed by atoms with Gasteiger partial charge in [0.25, 0.3) is 0 Å². The van der Waals surface area contributed by atoms with Crippen molar-refractivity contribution >= 4 is 37.7 Å². The minimum atomic E-state index is 0.0518. The molecule has 0 atom stereocenters. The van der Waals surface area contributed by atoms with E-state index in [9.17, 15) is 0 Å². The molecular weight excluding hydrogens is 376 g/mol. The molecule has 98 valence electrons. The maximum absolute atomic E-state index is 8.62. The van der Waals surface area contributed by atoms with Gasteiger partial charge in [-0.2, -0.15) is 0 Å². The lowest BCUT2D eigenvalue weighted by atomic mass is 10.2. The first-order valence-electron chi connectivity index (χ1n) is 5.31. The van der Waals surface area contributed by atoms with Gasteiger partial charge in [-0.1, -0.05) is 21.1 Å². The standard InChI is InChI=1S/C13H10Br2N2O2/c14-9-2-4-10(5-3-9)19-12-6-1-8(7-11(12)15)13(16)17-18/h1-7,18H,(H2,16,17). The number of hydrogen-bond donors (Lipinski definition) is 2. The molecule has 0 unspecified atom stereocenters.